The maximum Gasteiger partial charge on any atom is 0.306 e. The summed E-state index contributed by atoms with van der Waals surface area (Å²) in [5.74, 6) is -3.78. The zero-order chi connectivity index (χ0) is 13.2. The van der Waals surface area contributed by atoms with Crippen molar-refractivity contribution < 1.29 is 23.8 Å². The molecule has 94 valence electrons. The first-order valence-corrected chi connectivity index (χ1v) is 5.17. The van der Waals surface area contributed by atoms with Gasteiger partial charge in [0, 0.05) is 0 Å². The zero-order valence-corrected chi connectivity index (χ0v) is 9.58. The van der Waals surface area contributed by atoms with Gasteiger partial charge < -0.3 is 10.2 Å². The number of carbonyl (C=O) groups is 1. The van der Waals surface area contributed by atoms with Crippen LogP contribution in [0.5, 0.6) is 0 Å². The molecule has 0 aromatic heterocycles. The summed E-state index contributed by atoms with van der Waals surface area (Å²) >= 11 is 0. The Bertz CT molecular complexity index is 432. The summed E-state index contributed by atoms with van der Waals surface area (Å²) in [6.07, 6.45) is -0.560. The smallest absolute Gasteiger partial charge is 0.306 e. The van der Waals surface area contributed by atoms with E-state index in [1.165, 1.54) is 6.07 Å². The highest BCUT2D eigenvalue weighted by Crippen LogP contribution is 2.33. The molecule has 1 aromatic carbocycles. The molecule has 0 heterocycles. The normalized spacial score (nSPS) is 14.7. The Balaban J connectivity index is 3.22. The Hall–Kier alpha value is -1.49. The van der Waals surface area contributed by atoms with Crippen molar-refractivity contribution in [1.82, 2.24) is 0 Å². The lowest BCUT2D eigenvalue weighted by Crippen LogP contribution is -2.34. The number of rotatable bonds is 4. The van der Waals surface area contributed by atoms with Gasteiger partial charge in [-0.1, -0.05) is 19.9 Å². The molecular weight excluding hydrogens is 230 g/mol. The largest absolute Gasteiger partial charge is 0.481 e. The van der Waals surface area contributed by atoms with Crippen molar-refractivity contribution in [3.8, 4) is 0 Å². The summed E-state index contributed by atoms with van der Waals surface area (Å²) < 4.78 is 25.9. The summed E-state index contributed by atoms with van der Waals surface area (Å²) in [6, 6.07) is 2.90. The molecule has 1 rings (SSSR count). The van der Waals surface area contributed by atoms with E-state index in [1.54, 1.807) is 13.8 Å². The first kappa shape index (κ1) is 13.6. The van der Waals surface area contributed by atoms with E-state index in [4.69, 9.17) is 5.11 Å². The Morgan fingerprint density at radius 3 is 2.35 bits per heavy atom. The fourth-order valence-electron chi connectivity index (χ4n) is 1.64. The number of halogens is 2. The van der Waals surface area contributed by atoms with E-state index in [0.29, 0.717) is 0 Å². The number of benzene rings is 1. The summed E-state index contributed by atoms with van der Waals surface area (Å²) in [6.45, 7) is 3.23. The number of hydrogen-bond donors (Lipinski definition) is 2. The molecule has 0 spiro atoms. The molecule has 3 nitrogen and oxygen atoms in total. The van der Waals surface area contributed by atoms with Gasteiger partial charge in [0.2, 0.25) is 0 Å². The van der Waals surface area contributed by atoms with Crippen molar-refractivity contribution in [3.63, 3.8) is 0 Å². The highest BCUT2D eigenvalue weighted by molar-refractivity contribution is 5.68. The predicted octanol–water partition coefficient (Wildman–Crippen LogP) is 2.28. The van der Waals surface area contributed by atoms with E-state index >= 15 is 0 Å². The third kappa shape index (κ3) is 2.79. The average molecular weight is 244 g/mol. The molecule has 0 saturated heterocycles. The molecule has 1 atom stereocenters. The van der Waals surface area contributed by atoms with Gasteiger partial charge in [0.15, 0.2) is 11.6 Å². The van der Waals surface area contributed by atoms with E-state index in [0.717, 1.165) is 12.1 Å². The Kier molecular flexibility index (Phi) is 3.83. The second-order valence-corrected chi connectivity index (χ2v) is 4.28. The number of aliphatic carboxylic acids is 1. The minimum atomic E-state index is -1.71. The maximum atomic E-state index is 13.1. The van der Waals surface area contributed by atoms with Crippen molar-refractivity contribution in [2.75, 3.05) is 0 Å². The van der Waals surface area contributed by atoms with Crippen LogP contribution >= 0.6 is 0 Å². The number of carboxylic acid groups (broad SMARTS) is 1. The molecule has 0 aliphatic rings. The van der Waals surface area contributed by atoms with Crippen LogP contribution in [0.15, 0.2) is 18.2 Å². The Morgan fingerprint density at radius 1 is 1.35 bits per heavy atom. The van der Waals surface area contributed by atoms with Crippen LogP contribution in [0.3, 0.4) is 0 Å². The van der Waals surface area contributed by atoms with Crippen LogP contribution in [0.4, 0.5) is 8.78 Å². The van der Waals surface area contributed by atoms with Crippen LogP contribution in [-0.4, -0.2) is 16.2 Å². The van der Waals surface area contributed by atoms with Gasteiger partial charge in [0.25, 0.3) is 0 Å². The summed E-state index contributed by atoms with van der Waals surface area (Å²) in [5.41, 5.74) is -1.64. The maximum absolute atomic E-state index is 13.1. The minimum Gasteiger partial charge on any atom is -0.481 e. The second kappa shape index (κ2) is 4.79. The molecule has 1 unspecified atom stereocenters. The van der Waals surface area contributed by atoms with Crippen LogP contribution < -0.4 is 0 Å². The van der Waals surface area contributed by atoms with Gasteiger partial charge in [0.1, 0.15) is 5.60 Å². The topological polar surface area (TPSA) is 57.5 Å². The first-order valence-electron chi connectivity index (χ1n) is 5.17. The van der Waals surface area contributed by atoms with Crippen molar-refractivity contribution in [1.29, 1.82) is 0 Å². The molecule has 0 fully saturated rings. The van der Waals surface area contributed by atoms with Crippen LogP contribution in [-0.2, 0) is 10.4 Å². The van der Waals surface area contributed by atoms with Gasteiger partial charge in [-0.15, -0.1) is 0 Å². The SMILES string of the molecule is CC(C)C(O)(CC(=O)O)c1ccc(F)c(F)c1. The summed E-state index contributed by atoms with van der Waals surface area (Å²) in [4.78, 5) is 10.7. The third-order valence-electron chi connectivity index (χ3n) is 2.80. The average Bonchev–Trinajstić information content (AvgIpc) is 2.20. The molecule has 0 amide bonds. The molecule has 5 heteroatoms. The number of carboxylic acids is 1. The summed E-state index contributed by atoms with van der Waals surface area (Å²) in [5, 5.41) is 19.0. The number of hydrogen-bond acceptors (Lipinski definition) is 2. The van der Waals surface area contributed by atoms with Crippen LogP contribution in [0.1, 0.15) is 25.8 Å². The second-order valence-electron chi connectivity index (χ2n) is 4.28. The molecule has 17 heavy (non-hydrogen) atoms. The predicted molar refractivity (Wildman–Crippen MR) is 57.3 cm³/mol. The van der Waals surface area contributed by atoms with Gasteiger partial charge in [-0.05, 0) is 23.6 Å². The molecule has 1 aromatic rings. The fourth-order valence-corrected chi connectivity index (χ4v) is 1.64. The van der Waals surface area contributed by atoms with Gasteiger partial charge in [-0.2, -0.15) is 0 Å². The molecule has 0 radical (unpaired) electrons. The Labute approximate surface area is 97.7 Å². The van der Waals surface area contributed by atoms with Crippen molar-refractivity contribution in [3.05, 3.63) is 35.4 Å². The van der Waals surface area contributed by atoms with Crippen molar-refractivity contribution in [2.24, 2.45) is 5.92 Å². The standard InChI is InChI=1S/C12H14F2O3/c1-7(2)12(17,6-11(15)16)8-3-4-9(13)10(14)5-8/h3-5,7,17H,6H2,1-2H3,(H,15,16). The van der Waals surface area contributed by atoms with E-state index in [1.807, 2.05) is 0 Å². The van der Waals surface area contributed by atoms with Gasteiger partial charge in [-0.25, -0.2) is 8.78 Å². The van der Waals surface area contributed by atoms with Crippen LogP contribution in [0.25, 0.3) is 0 Å². The Morgan fingerprint density at radius 2 is 1.94 bits per heavy atom. The van der Waals surface area contributed by atoms with Gasteiger partial charge in [-0.3, -0.25) is 4.79 Å². The third-order valence-corrected chi connectivity index (χ3v) is 2.80. The number of aliphatic hydroxyl groups is 1. The van der Waals surface area contributed by atoms with Crippen LogP contribution in [0.2, 0.25) is 0 Å². The molecule has 0 aliphatic carbocycles. The molecular formula is C12H14F2O3. The van der Waals surface area contributed by atoms with Gasteiger partial charge >= 0.3 is 5.97 Å². The molecule has 0 bridgehead atoms. The van der Waals surface area contributed by atoms with Crippen LogP contribution in [0, 0.1) is 17.6 Å². The molecule has 0 aliphatic heterocycles. The molecule has 2 N–H and O–H groups in total. The van der Waals surface area contributed by atoms with E-state index < -0.39 is 35.5 Å². The fraction of sp³-hybridized carbons (Fsp3) is 0.417. The quantitative estimate of drug-likeness (QED) is 0.854. The molecule has 0 saturated carbocycles. The first-order chi connectivity index (χ1) is 7.77. The summed E-state index contributed by atoms with van der Waals surface area (Å²) in [7, 11) is 0. The van der Waals surface area contributed by atoms with Gasteiger partial charge in [0.05, 0.1) is 6.42 Å². The van der Waals surface area contributed by atoms with E-state index in [2.05, 4.69) is 0 Å². The highest BCUT2D eigenvalue weighted by Gasteiger charge is 2.36. The lowest BCUT2D eigenvalue weighted by atomic mass is 9.81. The highest BCUT2D eigenvalue weighted by atomic mass is 19.2. The van der Waals surface area contributed by atoms with Crippen molar-refractivity contribution >= 4 is 5.97 Å². The van der Waals surface area contributed by atoms with E-state index in [-0.39, 0.29) is 5.56 Å². The van der Waals surface area contributed by atoms with E-state index in [9.17, 15) is 18.7 Å². The lowest BCUT2D eigenvalue weighted by Gasteiger charge is -2.31. The minimum absolute atomic E-state index is 0.0637. The van der Waals surface area contributed by atoms with Crippen molar-refractivity contribution in [2.45, 2.75) is 25.9 Å². The monoisotopic (exact) mass is 244 g/mol. The zero-order valence-electron chi connectivity index (χ0n) is 9.58. The lowest BCUT2D eigenvalue weighted by molar-refractivity contribution is -0.145.